The molecule has 1 amide bonds. The van der Waals surface area contributed by atoms with Crippen LogP contribution in [0.4, 0.5) is 0 Å². The van der Waals surface area contributed by atoms with E-state index in [0.717, 1.165) is 10.4 Å². The summed E-state index contributed by atoms with van der Waals surface area (Å²) in [5.74, 6) is -2.47. The van der Waals surface area contributed by atoms with Crippen LogP contribution in [-0.4, -0.2) is 65.9 Å². The average Bonchev–Trinajstić information content (AvgIpc) is 2.96. The van der Waals surface area contributed by atoms with Gasteiger partial charge >= 0.3 is 11.9 Å². The summed E-state index contributed by atoms with van der Waals surface area (Å²) in [7, 11) is -3.08. The van der Waals surface area contributed by atoms with Crippen molar-refractivity contribution < 1.29 is 28.3 Å². The molecule has 0 spiro atoms. The standard InChI is InChI=1S/C33H45Cl3N2O6Si/c1-23(44-45(32(5,6)7,24-15-10-8-11-16-24)25-17-12-9-13-18-25)26(21-28(39)43-31(2,3)4)29(40)38-20-14-19-27(37-38)30(41)42-22-33(34,35)36/h8-13,15-18,23,26-27,37H,14,19-22H2,1-7H3/t23-,26+,27+/m1/s1. The Kier molecular flexibility index (Phi) is 12.6. The van der Waals surface area contributed by atoms with Gasteiger partial charge in [0.1, 0.15) is 18.2 Å². The van der Waals surface area contributed by atoms with Gasteiger partial charge in [0.2, 0.25) is 9.70 Å². The summed E-state index contributed by atoms with van der Waals surface area (Å²) >= 11 is 17.3. The number of rotatable bonds is 10. The van der Waals surface area contributed by atoms with Crippen molar-refractivity contribution in [3.8, 4) is 0 Å². The molecule has 0 aliphatic carbocycles. The highest BCUT2D eigenvalue weighted by molar-refractivity contribution is 6.99. The van der Waals surface area contributed by atoms with Crippen LogP contribution >= 0.6 is 34.8 Å². The first-order valence-electron chi connectivity index (χ1n) is 15.2. The van der Waals surface area contributed by atoms with Crippen LogP contribution in [0.2, 0.25) is 5.04 Å². The van der Waals surface area contributed by atoms with Gasteiger partial charge in [0, 0.05) is 6.54 Å². The lowest BCUT2D eigenvalue weighted by Crippen LogP contribution is -2.68. The number of hydrogen-bond acceptors (Lipinski definition) is 7. The van der Waals surface area contributed by atoms with E-state index in [1.165, 1.54) is 5.01 Å². The highest BCUT2D eigenvalue weighted by atomic mass is 35.6. The number of hydrogen-bond donors (Lipinski definition) is 1. The molecule has 3 atom stereocenters. The average molecular weight is 700 g/mol. The van der Waals surface area contributed by atoms with Crippen molar-refractivity contribution in [2.75, 3.05) is 13.2 Å². The summed E-state index contributed by atoms with van der Waals surface area (Å²) in [5.41, 5.74) is 2.24. The van der Waals surface area contributed by atoms with Crippen LogP contribution in [0.25, 0.3) is 0 Å². The summed E-state index contributed by atoms with van der Waals surface area (Å²) in [6.45, 7) is 13.5. The summed E-state index contributed by atoms with van der Waals surface area (Å²) in [4.78, 5) is 40.3. The number of nitrogens with one attached hydrogen (secondary N) is 1. The molecule has 45 heavy (non-hydrogen) atoms. The van der Waals surface area contributed by atoms with Gasteiger partial charge in [-0.3, -0.25) is 19.4 Å². The van der Waals surface area contributed by atoms with Gasteiger partial charge in [0.15, 0.2) is 0 Å². The summed E-state index contributed by atoms with van der Waals surface area (Å²) in [6.07, 6.45) is 0.0217. The maximum atomic E-state index is 14.3. The van der Waals surface area contributed by atoms with Crippen molar-refractivity contribution in [3.05, 3.63) is 60.7 Å². The minimum atomic E-state index is -3.08. The van der Waals surface area contributed by atoms with Gasteiger partial charge in [0.25, 0.3) is 8.32 Å². The van der Waals surface area contributed by atoms with E-state index in [1.807, 2.05) is 43.3 Å². The molecule has 12 heteroatoms. The van der Waals surface area contributed by atoms with Crippen LogP contribution in [0.15, 0.2) is 60.7 Å². The molecule has 1 heterocycles. The first-order valence-corrected chi connectivity index (χ1v) is 18.2. The summed E-state index contributed by atoms with van der Waals surface area (Å²) in [5, 5.41) is 3.12. The minimum Gasteiger partial charge on any atom is -0.460 e. The van der Waals surface area contributed by atoms with Crippen LogP contribution in [0.3, 0.4) is 0 Å². The maximum absolute atomic E-state index is 14.3. The van der Waals surface area contributed by atoms with Crippen LogP contribution in [0, 0.1) is 5.92 Å². The number of carbonyl (C=O) groups is 3. The highest BCUT2D eigenvalue weighted by Crippen LogP contribution is 2.39. The third-order valence-electron chi connectivity index (χ3n) is 7.58. The number of ether oxygens (including phenoxy) is 2. The topological polar surface area (TPSA) is 94.2 Å². The molecule has 0 aromatic heterocycles. The Morgan fingerprint density at radius 3 is 1.93 bits per heavy atom. The van der Waals surface area contributed by atoms with Gasteiger partial charge in [-0.05, 0) is 55.9 Å². The van der Waals surface area contributed by atoms with Crippen LogP contribution < -0.4 is 15.8 Å². The lowest BCUT2D eigenvalue weighted by molar-refractivity contribution is -0.163. The number of carbonyl (C=O) groups excluding carboxylic acids is 3. The second-order valence-corrected chi connectivity index (χ2v) is 20.2. The lowest BCUT2D eigenvalue weighted by atomic mass is 9.97. The zero-order valence-corrected chi connectivity index (χ0v) is 30.3. The van der Waals surface area contributed by atoms with E-state index in [0.29, 0.717) is 19.4 Å². The smallest absolute Gasteiger partial charge is 0.325 e. The monoisotopic (exact) mass is 698 g/mol. The first kappa shape index (κ1) is 37.3. The van der Waals surface area contributed by atoms with Gasteiger partial charge in [-0.2, -0.15) is 0 Å². The molecule has 0 saturated carbocycles. The fourth-order valence-corrected chi connectivity index (χ4v) is 10.5. The maximum Gasteiger partial charge on any atom is 0.325 e. The Balaban J connectivity index is 2.00. The van der Waals surface area contributed by atoms with E-state index in [9.17, 15) is 14.4 Å². The van der Waals surface area contributed by atoms with Crippen LogP contribution in [0.1, 0.15) is 67.7 Å². The number of halogens is 3. The van der Waals surface area contributed by atoms with E-state index in [-0.39, 0.29) is 17.4 Å². The van der Waals surface area contributed by atoms with E-state index >= 15 is 0 Å². The largest absolute Gasteiger partial charge is 0.460 e. The molecule has 1 aliphatic rings. The van der Waals surface area contributed by atoms with Crippen molar-refractivity contribution in [2.24, 2.45) is 5.92 Å². The molecule has 1 fully saturated rings. The van der Waals surface area contributed by atoms with E-state index in [4.69, 9.17) is 48.7 Å². The van der Waals surface area contributed by atoms with Gasteiger partial charge in [-0.25, -0.2) is 5.43 Å². The molecule has 248 valence electrons. The van der Waals surface area contributed by atoms with Gasteiger partial charge in [0.05, 0.1) is 18.4 Å². The first-order chi connectivity index (χ1) is 20.8. The Hall–Kier alpha value is -2.14. The molecule has 1 aliphatic heterocycles. The Morgan fingerprint density at radius 2 is 1.47 bits per heavy atom. The van der Waals surface area contributed by atoms with Crippen LogP contribution in [0.5, 0.6) is 0 Å². The molecular formula is C33H45Cl3N2O6Si. The van der Waals surface area contributed by atoms with Crippen LogP contribution in [-0.2, 0) is 28.3 Å². The van der Waals surface area contributed by atoms with Crippen molar-refractivity contribution in [2.45, 2.75) is 94.3 Å². The number of hydrazine groups is 1. The molecule has 0 unspecified atom stereocenters. The second kappa shape index (κ2) is 15.2. The number of nitrogens with zero attached hydrogens (tertiary/aromatic N) is 1. The normalized spacial score (nSPS) is 17.7. The lowest BCUT2D eigenvalue weighted by Gasteiger charge is -2.46. The summed E-state index contributed by atoms with van der Waals surface area (Å²) in [6, 6.07) is 19.3. The Morgan fingerprint density at radius 1 is 0.933 bits per heavy atom. The van der Waals surface area contributed by atoms with E-state index in [2.05, 4.69) is 50.5 Å². The number of alkyl halides is 3. The fraction of sp³-hybridized carbons (Fsp3) is 0.545. The zero-order chi connectivity index (χ0) is 33.6. The molecule has 3 rings (SSSR count). The van der Waals surface area contributed by atoms with Crippen molar-refractivity contribution >= 4 is 71.3 Å². The molecule has 1 saturated heterocycles. The summed E-state index contributed by atoms with van der Waals surface area (Å²) < 4.78 is 16.3. The molecule has 8 nitrogen and oxygen atoms in total. The minimum absolute atomic E-state index is 0.212. The van der Waals surface area contributed by atoms with Gasteiger partial charge in [-0.1, -0.05) is 116 Å². The predicted octanol–water partition coefficient (Wildman–Crippen LogP) is 5.71. The van der Waals surface area contributed by atoms with Crippen molar-refractivity contribution in [1.82, 2.24) is 10.4 Å². The van der Waals surface area contributed by atoms with Crippen molar-refractivity contribution in [3.63, 3.8) is 0 Å². The van der Waals surface area contributed by atoms with Gasteiger partial charge < -0.3 is 13.9 Å². The molecule has 0 radical (unpaired) electrons. The second-order valence-electron chi connectivity index (χ2n) is 13.4. The van der Waals surface area contributed by atoms with E-state index in [1.54, 1.807) is 20.8 Å². The number of amides is 1. The molecular weight excluding hydrogens is 655 g/mol. The van der Waals surface area contributed by atoms with E-state index < -0.39 is 54.3 Å². The zero-order valence-electron chi connectivity index (χ0n) is 27.1. The number of benzene rings is 2. The molecule has 1 N–H and O–H groups in total. The third kappa shape index (κ3) is 10.2. The molecule has 0 bridgehead atoms. The molecule has 2 aromatic carbocycles. The van der Waals surface area contributed by atoms with Gasteiger partial charge in [-0.15, -0.1) is 0 Å². The SMILES string of the molecule is C[C@@H](O[Si](c1ccccc1)(c1ccccc1)C(C)(C)C)[C@H](CC(=O)OC(C)(C)C)C(=O)N1CCC[C@@H](C(=O)OCC(Cl)(Cl)Cl)N1. The predicted molar refractivity (Wildman–Crippen MR) is 181 cm³/mol. The number of esters is 2. The highest BCUT2D eigenvalue weighted by Gasteiger charge is 2.52. The molecule has 2 aromatic rings. The third-order valence-corrected chi connectivity index (χ3v) is 13.0. The quantitative estimate of drug-likeness (QED) is 0.193. The Bertz CT molecular complexity index is 1260. The fourth-order valence-electron chi connectivity index (χ4n) is 5.64. The Labute approximate surface area is 283 Å². The van der Waals surface area contributed by atoms with Crippen molar-refractivity contribution in [1.29, 1.82) is 0 Å².